The Morgan fingerprint density at radius 1 is 1.37 bits per heavy atom. The first kappa shape index (κ1) is 21.0. The van der Waals surface area contributed by atoms with Crippen LogP contribution in [0.15, 0.2) is 34.5 Å². The molecule has 0 aliphatic heterocycles. The van der Waals surface area contributed by atoms with Crippen LogP contribution in [0.1, 0.15) is 67.9 Å². The van der Waals surface area contributed by atoms with Gasteiger partial charge in [-0.3, -0.25) is 4.79 Å². The molecule has 0 fully saturated rings. The number of nitrogens with one attached hydrogen (secondary N) is 1. The molecule has 0 heterocycles. The van der Waals surface area contributed by atoms with Gasteiger partial charge in [-0.15, -0.1) is 0 Å². The third-order valence-electron chi connectivity index (χ3n) is 5.08. The third kappa shape index (κ3) is 5.57. The second kappa shape index (κ2) is 8.57. The Labute approximate surface area is 161 Å². The number of hydrogen-bond acceptors (Lipinski definition) is 4. The molecular weight excluding hydrogens is 340 g/mol. The van der Waals surface area contributed by atoms with Gasteiger partial charge in [0, 0.05) is 29.8 Å². The molecular formula is C21H32N4O2. The number of benzene rings is 1. The lowest BCUT2D eigenvalue weighted by molar-refractivity contribution is 0.1000. The van der Waals surface area contributed by atoms with Gasteiger partial charge in [-0.1, -0.05) is 19.9 Å². The van der Waals surface area contributed by atoms with E-state index < -0.39 is 12.1 Å². The van der Waals surface area contributed by atoms with E-state index in [2.05, 4.69) is 31.1 Å². The number of carbonyl (C=O) groups excluding carboxylic acids is 1. The molecule has 0 saturated carbocycles. The molecule has 0 radical (unpaired) electrons. The maximum Gasteiger partial charge on any atom is 0.248 e. The predicted molar refractivity (Wildman–Crippen MR) is 109 cm³/mol. The number of primary amides is 1. The van der Waals surface area contributed by atoms with Crippen LogP contribution in [0.2, 0.25) is 0 Å². The zero-order chi connectivity index (χ0) is 20.2. The Bertz CT molecular complexity index is 765. The molecule has 1 amide bonds. The number of carbonyl (C=O) groups is 1. The van der Waals surface area contributed by atoms with Crippen LogP contribution in [0.5, 0.6) is 0 Å². The first-order valence-corrected chi connectivity index (χ1v) is 9.50. The van der Waals surface area contributed by atoms with Crippen molar-refractivity contribution in [2.45, 2.75) is 59.6 Å². The maximum absolute atomic E-state index is 11.3. The summed E-state index contributed by atoms with van der Waals surface area (Å²) in [7, 11) is 0. The Morgan fingerprint density at radius 2 is 2.07 bits per heavy atom. The summed E-state index contributed by atoms with van der Waals surface area (Å²) in [6.45, 7) is 9.32. The summed E-state index contributed by atoms with van der Waals surface area (Å²) in [6, 6.07) is 5.02. The molecule has 1 atom stereocenters. The first-order valence-electron chi connectivity index (χ1n) is 9.50. The molecule has 148 valence electrons. The lowest BCUT2D eigenvalue weighted by Gasteiger charge is -2.34. The number of rotatable bonds is 7. The van der Waals surface area contributed by atoms with Crippen molar-refractivity contribution in [2.75, 3.05) is 6.54 Å². The molecule has 1 aromatic carbocycles. The van der Waals surface area contributed by atoms with Gasteiger partial charge in [-0.2, -0.15) is 0 Å². The molecule has 1 aromatic rings. The van der Waals surface area contributed by atoms with Gasteiger partial charge in [0.05, 0.1) is 0 Å². The topological polar surface area (TPSA) is 114 Å². The van der Waals surface area contributed by atoms with Crippen molar-refractivity contribution in [3.63, 3.8) is 0 Å². The molecule has 6 heteroatoms. The molecule has 0 spiro atoms. The fraction of sp³-hybridized carbons (Fsp3) is 0.524. The quantitative estimate of drug-likeness (QED) is 0.435. The average molecular weight is 373 g/mol. The van der Waals surface area contributed by atoms with E-state index in [-0.39, 0.29) is 11.3 Å². The second-order valence-electron chi connectivity index (χ2n) is 8.05. The number of hydrogen-bond donors (Lipinski definition) is 4. The molecule has 0 bridgehead atoms. The van der Waals surface area contributed by atoms with Crippen LogP contribution in [-0.4, -0.2) is 29.6 Å². The standard InChI is InChI=1S/C21H32N4O2/c1-5-24-17-12-21(3,4)9-8-14(17)11-18(26)25-19(22)16-7-6-15(20(23)27)10-13(16)2/h6-7,10,18,24,26H,5,8-9,11-12H2,1-4H3,(H2,22,25)(H2,23,27). The van der Waals surface area contributed by atoms with Crippen molar-refractivity contribution in [3.8, 4) is 0 Å². The van der Waals surface area contributed by atoms with Crippen molar-refractivity contribution in [1.82, 2.24) is 5.32 Å². The normalized spacial score (nSPS) is 18.3. The van der Waals surface area contributed by atoms with E-state index in [1.807, 2.05) is 6.92 Å². The Hall–Kier alpha value is -2.34. The fourth-order valence-electron chi connectivity index (χ4n) is 3.56. The number of nitrogens with zero attached hydrogens (tertiary/aromatic N) is 1. The summed E-state index contributed by atoms with van der Waals surface area (Å²) >= 11 is 0. The molecule has 1 aliphatic rings. The van der Waals surface area contributed by atoms with Crippen LogP contribution in [0, 0.1) is 12.3 Å². The van der Waals surface area contributed by atoms with E-state index in [0.29, 0.717) is 17.5 Å². The summed E-state index contributed by atoms with van der Waals surface area (Å²) in [5, 5.41) is 13.9. The van der Waals surface area contributed by atoms with E-state index in [1.54, 1.807) is 18.2 Å². The van der Waals surface area contributed by atoms with Gasteiger partial charge in [0.15, 0.2) is 6.23 Å². The summed E-state index contributed by atoms with van der Waals surface area (Å²) < 4.78 is 0. The monoisotopic (exact) mass is 372 g/mol. The highest BCUT2D eigenvalue weighted by Gasteiger charge is 2.27. The number of allylic oxidation sites excluding steroid dienone is 1. The number of amidine groups is 1. The number of aliphatic hydroxyl groups is 1. The minimum absolute atomic E-state index is 0.262. The Morgan fingerprint density at radius 3 is 2.67 bits per heavy atom. The molecule has 1 aliphatic carbocycles. The Balaban J connectivity index is 2.17. The van der Waals surface area contributed by atoms with Crippen LogP contribution in [0.25, 0.3) is 0 Å². The van der Waals surface area contributed by atoms with Crippen LogP contribution in [0.4, 0.5) is 0 Å². The van der Waals surface area contributed by atoms with Gasteiger partial charge in [0.1, 0.15) is 5.84 Å². The van der Waals surface area contributed by atoms with Gasteiger partial charge >= 0.3 is 0 Å². The predicted octanol–water partition coefficient (Wildman–Crippen LogP) is 2.58. The van der Waals surface area contributed by atoms with Gasteiger partial charge in [0.2, 0.25) is 5.91 Å². The minimum Gasteiger partial charge on any atom is -0.389 e. The smallest absolute Gasteiger partial charge is 0.248 e. The average Bonchev–Trinajstić information content (AvgIpc) is 2.56. The second-order valence-corrected chi connectivity index (χ2v) is 8.05. The van der Waals surface area contributed by atoms with Crippen molar-refractivity contribution >= 4 is 11.7 Å². The zero-order valence-corrected chi connectivity index (χ0v) is 16.8. The summed E-state index contributed by atoms with van der Waals surface area (Å²) in [5.74, 6) is -0.221. The lowest BCUT2D eigenvalue weighted by Crippen LogP contribution is -2.28. The van der Waals surface area contributed by atoms with E-state index in [1.165, 1.54) is 11.3 Å². The summed E-state index contributed by atoms with van der Waals surface area (Å²) in [4.78, 5) is 15.6. The number of aliphatic imine (C=N–C) groups is 1. The molecule has 1 unspecified atom stereocenters. The largest absolute Gasteiger partial charge is 0.389 e. The molecule has 0 aromatic heterocycles. The molecule has 0 saturated heterocycles. The van der Waals surface area contributed by atoms with Gasteiger partial charge < -0.3 is 21.9 Å². The summed E-state index contributed by atoms with van der Waals surface area (Å²) in [6.07, 6.45) is 2.60. The first-order chi connectivity index (χ1) is 12.6. The zero-order valence-electron chi connectivity index (χ0n) is 16.8. The highest BCUT2D eigenvalue weighted by Crippen LogP contribution is 2.39. The number of amides is 1. The van der Waals surface area contributed by atoms with Gasteiger partial charge in [-0.05, 0) is 61.8 Å². The third-order valence-corrected chi connectivity index (χ3v) is 5.08. The molecule has 6 nitrogen and oxygen atoms in total. The minimum atomic E-state index is -0.898. The van der Waals surface area contributed by atoms with Crippen LogP contribution in [0.3, 0.4) is 0 Å². The van der Waals surface area contributed by atoms with Crippen molar-refractivity contribution in [3.05, 3.63) is 46.2 Å². The van der Waals surface area contributed by atoms with Crippen LogP contribution >= 0.6 is 0 Å². The number of aliphatic hydroxyl groups excluding tert-OH is 1. The Kier molecular flexibility index (Phi) is 6.65. The lowest BCUT2D eigenvalue weighted by atomic mass is 9.76. The highest BCUT2D eigenvalue weighted by atomic mass is 16.3. The molecule has 2 rings (SSSR count). The molecule has 6 N–H and O–H groups in total. The fourth-order valence-corrected chi connectivity index (χ4v) is 3.56. The number of nitrogens with two attached hydrogens (primary N) is 2. The molecule has 27 heavy (non-hydrogen) atoms. The van der Waals surface area contributed by atoms with E-state index in [9.17, 15) is 9.90 Å². The van der Waals surface area contributed by atoms with Gasteiger partial charge in [0.25, 0.3) is 0 Å². The maximum atomic E-state index is 11.3. The van der Waals surface area contributed by atoms with Crippen molar-refractivity contribution in [1.29, 1.82) is 0 Å². The van der Waals surface area contributed by atoms with Crippen molar-refractivity contribution < 1.29 is 9.90 Å². The highest BCUT2D eigenvalue weighted by molar-refractivity contribution is 6.00. The van der Waals surface area contributed by atoms with Crippen LogP contribution in [-0.2, 0) is 0 Å². The number of aryl methyl sites for hydroxylation is 1. The van der Waals surface area contributed by atoms with Gasteiger partial charge in [-0.25, -0.2) is 4.99 Å². The van der Waals surface area contributed by atoms with E-state index >= 15 is 0 Å². The van der Waals surface area contributed by atoms with E-state index in [0.717, 1.165) is 31.4 Å². The SMILES string of the molecule is CCNC1=C(CC(O)/N=C(\N)c2ccc(C(N)=O)cc2C)CCC(C)(C)C1. The van der Waals surface area contributed by atoms with Crippen LogP contribution < -0.4 is 16.8 Å². The van der Waals surface area contributed by atoms with E-state index in [4.69, 9.17) is 11.5 Å². The van der Waals surface area contributed by atoms with Crippen molar-refractivity contribution in [2.24, 2.45) is 21.9 Å². The summed E-state index contributed by atoms with van der Waals surface area (Å²) in [5.41, 5.74) is 16.0.